The molecule has 1 atom stereocenters. The summed E-state index contributed by atoms with van der Waals surface area (Å²) >= 11 is 0. The van der Waals surface area contributed by atoms with Crippen LogP contribution in [0.5, 0.6) is 0 Å². The lowest BCUT2D eigenvalue weighted by Gasteiger charge is -2.16. The first-order valence-corrected chi connectivity index (χ1v) is 11.6. The highest BCUT2D eigenvalue weighted by molar-refractivity contribution is 6.78. The molecule has 0 saturated carbocycles. The first kappa shape index (κ1) is 16.0. The Balaban J connectivity index is 2.05. The van der Waals surface area contributed by atoms with Crippen LogP contribution < -0.4 is 5.19 Å². The number of hydrogen-bond acceptors (Lipinski definition) is 1. The van der Waals surface area contributed by atoms with E-state index in [2.05, 4.69) is 79.9 Å². The summed E-state index contributed by atoms with van der Waals surface area (Å²) < 4.78 is 6.21. The molecule has 0 fully saturated rings. The molecule has 4 aromatic rings. The Morgan fingerprint density at radius 1 is 0.800 bits per heavy atom. The highest BCUT2D eigenvalue weighted by Crippen LogP contribution is 2.29. The van der Waals surface area contributed by atoms with Crippen LogP contribution in [0, 0.1) is 0 Å². The van der Waals surface area contributed by atoms with E-state index in [1.807, 2.05) is 11.4 Å². The van der Waals surface area contributed by atoms with Crippen molar-refractivity contribution in [3.05, 3.63) is 91.3 Å². The predicted octanol–water partition coefficient (Wildman–Crippen LogP) is 4.05. The Morgan fingerprint density at radius 2 is 1.52 bits per heavy atom. The molecule has 0 amide bonds. The second kappa shape index (κ2) is 6.80. The maximum atomic E-state index is 6.21. The van der Waals surface area contributed by atoms with Gasteiger partial charge in [0.15, 0.2) is 9.76 Å². The lowest BCUT2D eigenvalue weighted by Crippen LogP contribution is -2.33. The van der Waals surface area contributed by atoms with Crippen LogP contribution in [-0.2, 0) is 4.12 Å². The number of fused-ring (bicyclic) bond motifs is 4. The monoisotopic (exact) mass is 356 g/mol. The Bertz CT molecular complexity index is 1100. The van der Waals surface area contributed by atoms with Crippen molar-refractivity contribution in [1.29, 1.82) is 0 Å². The van der Waals surface area contributed by atoms with Crippen molar-refractivity contribution < 1.29 is 4.12 Å². The van der Waals surface area contributed by atoms with Gasteiger partial charge in [0.2, 0.25) is 9.04 Å². The largest absolute Gasteiger partial charge is 0.453 e. The van der Waals surface area contributed by atoms with E-state index in [9.17, 15) is 0 Å². The fourth-order valence-electron chi connectivity index (χ4n) is 3.52. The molecular formula is C22H20OSi2. The summed E-state index contributed by atoms with van der Waals surface area (Å²) in [5.74, 6) is 0. The molecule has 0 heterocycles. The van der Waals surface area contributed by atoms with Gasteiger partial charge in [-0.2, -0.15) is 0 Å². The van der Waals surface area contributed by atoms with E-state index in [0.717, 1.165) is 0 Å². The van der Waals surface area contributed by atoms with Gasteiger partial charge in [-0.15, -0.1) is 13.2 Å². The van der Waals surface area contributed by atoms with Gasteiger partial charge in [0.25, 0.3) is 0 Å². The fraction of sp³-hybridized carbons (Fsp3) is 0. The Morgan fingerprint density at radius 3 is 2.28 bits per heavy atom. The summed E-state index contributed by atoms with van der Waals surface area (Å²) in [5.41, 5.74) is 3.98. The van der Waals surface area contributed by atoms with Crippen molar-refractivity contribution >= 4 is 56.3 Å². The second-order valence-electron chi connectivity index (χ2n) is 6.21. The van der Waals surface area contributed by atoms with Crippen LogP contribution in [0.1, 0.15) is 0 Å². The van der Waals surface area contributed by atoms with E-state index < -0.39 is 18.8 Å². The summed E-state index contributed by atoms with van der Waals surface area (Å²) in [6.07, 6.45) is 0. The minimum Gasteiger partial charge on any atom is -0.453 e. The number of benzene rings is 4. The lowest BCUT2D eigenvalue weighted by molar-refractivity contribution is 0.647. The highest BCUT2D eigenvalue weighted by Gasteiger charge is 2.15. The van der Waals surface area contributed by atoms with Crippen molar-refractivity contribution in [1.82, 2.24) is 0 Å². The van der Waals surface area contributed by atoms with E-state index in [4.69, 9.17) is 4.12 Å². The Labute approximate surface area is 151 Å². The van der Waals surface area contributed by atoms with Gasteiger partial charge in [0, 0.05) is 0 Å². The van der Waals surface area contributed by atoms with Crippen molar-refractivity contribution in [3.8, 4) is 0 Å². The number of rotatable bonds is 5. The SMILES string of the molecule is C=C[SiH2]O[SiH](C=C)c1cccc2ccc3cc4ccccc4cc3c12. The van der Waals surface area contributed by atoms with Gasteiger partial charge in [-0.1, -0.05) is 66.0 Å². The molecule has 4 aromatic carbocycles. The zero-order chi connectivity index (χ0) is 17.2. The van der Waals surface area contributed by atoms with E-state index in [0.29, 0.717) is 0 Å². The third-order valence-electron chi connectivity index (χ3n) is 4.67. The molecule has 0 bridgehead atoms. The maximum Gasteiger partial charge on any atom is 0.221 e. The van der Waals surface area contributed by atoms with Crippen LogP contribution in [0.25, 0.3) is 32.3 Å². The zero-order valence-electron chi connectivity index (χ0n) is 14.1. The van der Waals surface area contributed by atoms with E-state index >= 15 is 0 Å². The molecule has 1 nitrogen and oxygen atoms in total. The smallest absolute Gasteiger partial charge is 0.221 e. The van der Waals surface area contributed by atoms with E-state index in [1.54, 1.807) is 0 Å². The molecule has 0 aliphatic carbocycles. The summed E-state index contributed by atoms with van der Waals surface area (Å²) in [6, 6.07) is 24.1. The minimum absolute atomic E-state index is 0.678. The van der Waals surface area contributed by atoms with Gasteiger partial charge in [-0.3, -0.25) is 0 Å². The van der Waals surface area contributed by atoms with Gasteiger partial charge >= 0.3 is 0 Å². The number of hydrogen-bond donors (Lipinski definition) is 0. The summed E-state index contributed by atoms with van der Waals surface area (Å²) in [7, 11) is -2.33. The molecule has 0 aliphatic heterocycles. The molecule has 3 heteroatoms. The van der Waals surface area contributed by atoms with Gasteiger partial charge in [-0.25, -0.2) is 0 Å². The standard InChI is InChI=1S/C22H20OSi2/c1-3-24-23-25(4-2)21-11-7-10-16-12-13-19-14-17-8-5-6-9-18(17)15-20(19)22(16)21/h3-15,25H,1-2,24H2. The van der Waals surface area contributed by atoms with Gasteiger partial charge in [0.1, 0.15) is 0 Å². The predicted molar refractivity (Wildman–Crippen MR) is 116 cm³/mol. The molecule has 0 spiro atoms. The molecule has 0 N–H and O–H groups in total. The third-order valence-corrected chi connectivity index (χ3v) is 8.64. The van der Waals surface area contributed by atoms with Crippen molar-refractivity contribution in [2.24, 2.45) is 0 Å². The molecule has 0 aliphatic rings. The normalized spacial score (nSPS) is 13.0. The van der Waals surface area contributed by atoms with Crippen LogP contribution in [0.2, 0.25) is 0 Å². The maximum absolute atomic E-state index is 6.21. The van der Waals surface area contributed by atoms with Crippen LogP contribution in [-0.4, -0.2) is 18.8 Å². The average Bonchev–Trinajstić information content (AvgIpc) is 2.67. The van der Waals surface area contributed by atoms with Crippen LogP contribution in [0.3, 0.4) is 0 Å². The topological polar surface area (TPSA) is 9.23 Å². The molecule has 0 aromatic heterocycles. The minimum atomic E-state index is -1.65. The Kier molecular flexibility index (Phi) is 4.36. The van der Waals surface area contributed by atoms with Crippen LogP contribution >= 0.6 is 0 Å². The summed E-state index contributed by atoms with van der Waals surface area (Å²) in [5, 5.41) is 9.04. The highest BCUT2D eigenvalue weighted by atomic mass is 28.3. The Hall–Kier alpha value is -2.47. The van der Waals surface area contributed by atoms with Gasteiger partial charge in [-0.05, 0) is 49.6 Å². The first-order chi connectivity index (χ1) is 12.3. The van der Waals surface area contributed by atoms with Crippen molar-refractivity contribution in [2.75, 3.05) is 0 Å². The molecule has 0 radical (unpaired) electrons. The summed E-state index contributed by atoms with van der Waals surface area (Å²) in [6.45, 7) is 7.88. The van der Waals surface area contributed by atoms with Crippen LogP contribution in [0.4, 0.5) is 0 Å². The zero-order valence-corrected chi connectivity index (χ0v) is 16.7. The second-order valence-corrected chi connectivity index (χ2v) is 10.4. The van der Waals surface area contributed by atoms with E-state index in [1.165, 1.54) is 37.5 Å². The third kappa shape index (κ3) is 2.87. The average molecular weight is 357 g/mol. The van der Waals surface area contributed by atoms with Gasteiger partial charge in [0.05, 0.1) is 0 Å². The molecule has 4 rings (SSSR count). The summed E-state index contributed by atoms with van der Waals surface area (Å²) in [4.78, 5) is 0. The van der Waals surface area contributed by atoms with Gasteiger partial charge < -0.3 is 4.12 Å². The molecule has 1 unspecified atom stereocenters. The molecule has 0 saturated heterocycles. The van der Waals surface area contributed by atoms with Crippen molar-refractivity contribution in [2.45, 2.75) is 0 Å². The first-order valence-electron chi connectivity index (χ1n) is 8.51. The van der Waals surface area contributed by atoms with Crippen LogP contribution in [0.15, 0.2) is 91.3 Å². The lowest BCUT2D eigenvalue weighted by atomic mass is 9.98. The molecular weight excluding hydrogens is 336 g/mol. The van der Waals surface area contributed by atoms with Crippen molar-refractivity contribution in [3.63, 3.8) is 0 Å². The molecule has 25 heavy (non-hydrogen) atoms. The van der Waals surface area contributed by atoms with E-state index in [-0.39, 0.29) is 0 Å². The fourth-order valence-corrected chi connectivity index (χ4v) is 7.32. The quantitative estimate of drug-likeness (QED) is 0.298. The molecule has 122 valence electrons.